The number of hydrogen-bond donors (Lipinski definition) is 3. The van der Waals surface area contributed by atoms with E-state index in [4.69, 9.17) is 10.5 Å². The summed E-state index contributed by atoms with van der Waals surface area (Å²) in [7, 11) is 0. The van der Waals surface area contributed by atoms with Crippen LogP contribution >= 0.6 is 0 Å². The Balaban J connectivity index is 2.55. The molecule has 0 aromatic heterocycles. The number of carbonyl (C=O) groups is 4. The predicted molar refractivity (Wildman–Crippen MR) is 155 cm³/mol. The van der Waals surface area contributed by atoms with E-state index in [9.17, 15) is 19.2 Å². The van der Waals surface area contributed by atoms with E-state index < -0.39 is 35.6 Å². The van der Waals surface area contributed by atoms with E-state index in [-0.39, 0.29) is 31.3 Å². The highest BCUT2D eigenvalue weighted by Gasteiger charge is 2.39. The Kier molecular flexibility index (Phi) is 11.7. The molecule has 9 heteroatoms. The van der Waals surface area contributed by atoms with Crippen LogP contribution in [0.25, 0.3) is 0 Å². The Morgan fingerprint density at radius 1 is 1.02 bits per heavy atom. The Bertz CT molecular complexity index is 1180. The molecule has 0 bridgehead atoms. The minimum atomic E-state index is -1.13. The molecule has 0 aliphatic rings. The topological polar surface area (TPSA) is 131 Å². The van der Waals surface area contributed by atoms with Crippen LogP contribution < -0.4 is 16.4 Å². The Hall–Kier alpha value is -3.88. The molecule has 0 aliphatic heterocycles. The predicted octanol–water partition coefficient (Wildman–Crippen LogP) is 4.45. The molecule has 9 nitrogen and oxygen atoms in total. The van der Waals surface area contributed by atoms with Crippen molar-refractivity contribution in [1.29, 1.82) is 0 Å². The largest absolute Gasteiger partial charge is 0.444 e. The molecule has 0 saturated heterocycles. The number of nitrogens with zero attached hydrogens (tertiary/aromatic N) is 1. The zero-order valence-electron chi connectivity index (χ0n) is 24.7. The molecule has 2 rings (SSSR count). The number of aryl methyl sites for hydroxylation is 2. The first-order valence-corrected chi connectivity index (χ1v) is 13.7. The Labute approximate surface area is 237 Å². The van der Waals surface area contributed by atoms with Gasteiger partial charge in [-0.3, -0.25) is 14.4 Å². The van der Waals surface area contributed by atoms with Crippen molar-refractivity contribution < 1.29 is 23.9 Å². The molecular weight excluding hydrogens is 508 g/mol. The molecule has 3 unspecified atom stereocenters. The van der Waals surface area contributed by atoms with Gasteiger partial charge >= 0.3 is 6.09 Å². The number of ether oxygens (including phenoxy) is 1. The van der Waals surface area contributed by atoms with Crippen LogP contribution in [0.4, 0.5) is 4.79 Å². The number of amides is 4. The van der Waals surface area contributed by atoms with Gasteiger partial charge in [-0.25, -0.2) is 4.79 Å². The van der Waals surface area contributed by atoms with Gasteiger partial charge in [0.25, 0.3) is 0 Å². The highest BCUT2D eigenvalue weighted by Crippen LogP contribution is 2.29. The van der Waals surface area contributed by atoms with Crippen molar-refractivity contribution in [2.45, 2.75) is 98.0 Å². The maximum absolute atomic E-state index is 14.3. The number of rotatable bonds is 12. The molecule has 0 heterocycles. The number of carbonyl (C=O) groups excluding carboxylic acids is 4. The fourth-order valence-corrected chi connectivity index (χ4v) is 4.40. The monoisotopic (exact) mass is 552 g/mol. The van der Waals surface area contributed by atoms with Crippen molar-refractivity contribution in [3.8, 4) is 0 Å². The van der Waals surface area contributed by atoms with Gasteiger partial charge in [-0.1, -0.05) is 61.0 Å². The fourth-order valence-electron chi connectivity index (χ4n) is 4.40. The van der Waals surface area contributed by atoms with Crippen molar-refractivity contribution >= 4 is 23.8 Å². The van der Waals surface area contributed by atoms with E-state index in [0.717, 1.165) is 16.7 Å². The summed E-state index contributed by atoms with van der Waals surface area (Å²) in [5.74, 6) is -1.46. The third-order valence-corrected chi connectivity index (χ3v) is 6.54. The average molecular weight is 553 g/mol. The molecule has 2 aromatic rings. The lowest BCUT2D eigenvalue weighted by Crippen LogP contribution is -2.55. The van der Waals surface area contributed by atoms with Gasteiger partial charge in [0, 0.05) is 19.0 Å². The molecule has 0 fully saturated rings. The number of nitrogens with two attached hydrogens (primary N) is 1. The molecule has 0 radical (unpaired) electrons. The van der Waals surface area contributed by atoms with Crippen molar-refractivity contribution in [3.05, 3.63) is 70.8 Å². The lowest BCUT2D eigenvalue weighted by Gasteiger charge is -2.38. The van der Waals surface area contributed by atoms with Gasteiger partial charge < -0.3 is 26.0 Å². The minimum absolute atomic E-state index is 0.0361. The lowest BCUT2D eigenvalue weighted by atomic mass is 9.94. The van der Waals surface area contributed by atoms with Crippen LogP contribution in [-0.2, 0) is 25.7 Å². The van der Waals surface area contributed by atoms with Gasteiger partial charge in [-0.2, -0.15) is 0 Å². The zero-order chi connectivity index (χ0) is 30.0. The van der Waals surface area contributed by atoms with Crippen LogP contribution in [0.2, 0.25) is 0 Å². The van der Waals surface area contributed by atoms with Gasteiger partial charge in [-0.05, 0) is 71.1 Å². The lowest BCUT2D eigenvalue weighted by molar-refractivity contribution is -0.145. The van der Waals surface area contributed by atoms with E-state index in [0.29, 0.717) is 12.0 Å². The number of nitrogens with one attached hydrogen (secondary N) is 2. The summed E-state index contributed by atoms with van der Waals surface area (Å²) in [5, 5.41) is 5.62. The molecule has 40 heavy (non-hydrogen) atoms. The third-order valence-electron chi connectivity index (χ3n) is 6.54. The first-order valence-electron chi connectivity index (χ1n) is 13.7. The Morgan fingerprint density at radius 2 is 1.68 bits per heavy atom. The van der Waals surface area contributed by atoms with E-state index in [2.05, 4.69) is 10.6 Å². The molecule has 4 N–H and O–H groups in total. The van der Waals surface area contributed by atoms with Crippen molar-refractivity contribution in [1.82, 2.24) is 15.5 Å². The normalized spacial score (nSPS) is 13.5. The Morgan fingerprint density at radius 3 is 2.23 bits per heavy atom. The van der Waals surface area contributed by atoms with Crippen molar-refractivity contribution in [2.75, 3.05) is 0 Å². The van der Waals surface area contributed by atoms with E-state index >= 15 is 0 Å². The maximum atomic E-state index is 14.3. The highest BCUT2D eigenvalue weighted by atomic mass is 16.6. The number of hydrogen-bond acceptors (Lipinski definition) is 5. The summed E-state index contributed by atoms with van der Waals surface area (Å²) < 4.78 is 5.39. The molecule has 4 amide bonds. The first-order chi connectivity index (χ1) is 18.7. The van der Waals surface area contributed by atoms with Crippen molar-refractivity contribution in [2.24, 2.45) is 5.73 Å². The molecule has 3 atom stereocenters. The second-order valence-corrected chi connectivity index (χ2v) is 11.2. The summed E-state index contributed by atoms with van der Waals surface area (Å²) in [5.41, 5.74) is 8.07. The SMILES string of the molecule is CCC(C)N(C(=O)C(CCC(N)=O)NC(=O)OC(C)(C)C)C(C(=O)NCc1ccccc1)c1ccc(C)cc1C. The summed E-state index contributed by atoms with van der Waals surface area (Å²) in [4.78, 5) is 54.1. The summed E-state index contributed by atoms with van der Waals surface area (Å²) in [6.45, 7) is 13.1. The average Bonchev–Trinajstić information content (AvgIpc) is 2.87. The van der Waals surface area contributed by atoms with Crippen LogP contribution in [-0.4, -0.2) is 46.4 Å². The van der Waals surface area contributed by atoms with E-state index in [1.165, 1.54) is 4.90 Å². The first kappa shape index (κ1) is 32.3. The van der Waals surface area contributed by atoms with E-state index in [1.54, 1.807) is 20.8 Å². The van der Waals surface area contributed by atoms with Crippen LogP contribution in [0, 0.1) is 13.8 Å². The number of alkyl carbamates (subject to hydrolysis) is 1. The van der Waals surface area contributed by atoms with Gasteiger partial charge in [0.2, 0.25) is 17.7 Å². The smallest absolute Gasteiger partial charge is 0.408 e. The van der Waals surface area contributed by atoms with Gasteiger partial charge in [0.05, 0.1) is 0 Å². The van der Waals surface area contributed by atoms with Crippen LogP contribution in [0.15, 0.2) is 48.5 Å². The fraction of sp³-hybridized carbons (Fsp3) is 0.484. The van der Waals surface area contributed by atoms with Crippen LogP contribution in [0.1, 0.15) is 82.2 Å². The van der Waals surface area contributed by atoms with Crippen LogP contribution in [0.5, 0.6) is 0 Å². The molecule has 0 spiro atoms. The standard InChI is InChI=1S/C31H44N4O5/c1-8-22(4)35(29(38)25(16-17-26(32)36)34-30(39)40-31(5,6)7)27(24-15-14-20(2)18-21(24)3)28(37)33-19-23-12-10-9-11-13-23/h9-15,18,22,25,27H,8,16-17,19H2,1-7H3,(H2,32,36)(H,33,37)(H,34,39). The van der Waals surface area contributed by atoms with E-state index in [1.807, 2.05) is 76.2 Å². The van der Waals surface area contributed by atoms with Crippen molar-refractivity contribution in [3.63, 3.8) is 0 Å². The summed E-state index contributed by atoms with van der Waals surface area (Å²) in [6, 6.07) is 12.7. The molecular formula is C31H44N4O5. The molecule has 218 valence electrons. The van der Waals surface area contributed by atoms with Gasteiger partial charge in [0.1, 0.15) is 17.7 Å². The van der Waals surface area contributed by atoms with Gasteiger partial charge in [0.15, 0.2) is 0 Å². The quantitative estimate of drug-likeness (QED) is 0.358. The minimum Gasteiger partial charge on any atom is -0.444 e. The number of benzene rings is 2. The number of primary amides is 1. The zero-order valence-corrected chi connectivity index (χ0v) is 24.7. The second kappa shape index (κ2) is 14.5. The highest BCUT2D eigenvalue weighted by molar-refractivity contribution is 5.93. The second-order valence-electron chi connectivity index (χ2n) is 11.2. The molecule has 2 aromatic carbocycles. The summed E-state index contributed by atoms with van der Waals surface area (Å²) >= 11 is 0. The summed E-state index contributed by atoms with van der Waals surface area (Å²) in [6.07, 6.45) is -0.412. The molecule has 0 aliphatic carbocycles. The third kappa shape index (κ3) is 9.70. The van der Waals surface area contributed by atoms with Gasteiger partial charge in [-0.15, -0.1) is 0 Å². The van der Waals surface area contributed by atoms with Crippen LogP contribution in [0.3, 0.4) is 0 Å². The maximum Gasteiger partial charge on any atom is 0.408 e. The molecule has 0 saturated carbocycles.